The fraction of sp³-hybridized carbons (Fsp3) is 0.500. The van der Waals surface area contributed by atoms with Gasteiger partial charge in [-0.25, -0.2) is 0 Å². The summed E-state index contributed by atoms with van der Waals surface area (Å²) in [5, 5.41) is 12.9. The highest BCUT2D eigenvalue weighted by atomic mass is 16.5. The monoisotopic (exact) mass is 263 g/mol. The summed E-state index contributed by atoms with van der Waals surface area (Å²) in [5.74, 6) is 0.0146. The lowest BCUT2D eigenvalue weighted by molar-refractivity contribution is -0.140. The van der Waals surface area contributed by atoms with Crippen molar-refractivity contribution in [1.82, 2.24) is 0 Å². The van der Waals surface area contributed by atoms with E-state index < -0.39 is 11.9 Å². The first-order valence-corrected chi connectivity index (χ1v) is 6.34. The van der Waals surface area contributed by atoms with Crippen molar-refractivity contribution in [2.24, 2.45) is 5.41 Å². The summed E-state index contributed by atoms with van der Waals surface area (Å²) in [5.41, 5.74) is 1.43. The number of hydrogen-bond donors (Lipinski definition) is 2. The van der Waals surface area contributed by atoms with Crippen molar-refractivity contribution in [3.05, 3.63) is 17.7 Å². The van der Waals surface area contributed by atoms with Gasteiger partial charge in [0.1, 0.15) is 11.5 Å². The molecule has 0 saturated heterocycles. The molecule has 3 rings (SSSR count). The van der Waals surface area contributed by atoms with Crippen LogP contribution in [0.15, 0.2) is 12.1 Å². The number of benzene rings is 1. The third kappa shape index (κ3) is 1.72. The molecule has 19 heavy (non-hydrogen) atoms. The lowest BCUT2D eigenvalue weighted by Crippen LogP contribution is -2.34. The van der Waals surface area contributed by atoms with Crippen LogP contribution in [-0.2, 0) is 4.79 Å². The zero-order chi connectivity index (χ0) is 13.6. The van der Waals surface area contributed by atoms with Gasteiger partial charge in [0.25, 0.3) is 0 Å². The summed E-state index contributed by atoms with van der Waals surface area (Å²) in [6.45, 7) is 0.694. The summed E-state index contributed by atoms with van der Waals surface area (Å²) in [7, 11) is 3.15. The van der Waals surface area contributed by atoms with Crippen LogP contribution in [0.4, 0.5) is 5.69 Å². The van der Waals surface area contributed by atoms with E-state index >= 15 is 0 Å². The maximum atomic E-state index is 11.7. The van der Waals surface area contributed by atoms with Gasteiger partial charge in [-0.1, -0.05) is 0 Å². The van der Waals surface area contributed by atoms with Gasteiger partial charge < -0.3 is 19.9 Å². The number of carboxylic acids is 1. The van der Waals surface area contributed by atoms with Crippen LogP contribution >= 0.6 is 0 Å². The smallest absolute Gasteiger partial charge is 0.311 e. The van der Waals surface area contributed by atoms with Crippen LogP contribution < -0.4 is 14.8 Å². The Morgan fingerprint density at radius 1 is 1.37 bits per heavy atom. The fourth-order valence-corrected chi connectivity index (χ4v) is 3.02. The average molecular weight is 263 g/mol. The van der Waals surface area contributed by atoms with Crippen LogP contribution in [-0.4, -0.2) is 31.8 Å². The van der Waals surface area contributed by atoms with Crippen molar-refractivity contribution >= 4 is 11.7 Å². The van der Waals surface area contributed by atoms with Crippen molar-refractivity contribution < 1.29 is 19.4 Å². The first-order chi connectivity index (χ1) is 9.11. The maximum Gasteiger partial charge on any atom is 0.311 e. The summed E-state index contributed by atoms with van der Waals surface area (Å²) in [4.78, 5) is 11.7. The molecule has 1 aromatic carbocycles. The van der Waals surface area contributed by atoms with Gasteiger partial charge in [-0.05, 0) is 24.5 Å². The van der Waals surface area contributed by atoms with Crippen molar-refractivity contribution in [2.45, 2.75) is 18.8 Å². The topological polar surface area (TPSA) is 67.8 Å². The van der Waals surface area contributed by atoms with Crippen molar-refractivity contribution in [3.63, 3.8) is 0 Å². The van der Waals surface area contributed by atoms with E-state index in [-0.39, 0.29) is 5.41 Å². The van der Waals surface area contributed by atoms with Gasteiger partial charge in [-0.15, -0.1) is 0 Å². The molecule has 1 spiro atoms. The van der Waals surface area contributed by atoms with Gasteiger partial charge in [0.2, 0.25) is 0 Å². The number of carboxylic acid groups (broad SMARTS) is 1. The molecule has 1 heterocycles. The van der Waals surface area contributed by atoms with E-state index in [1.54, 1.807) is 20.3 Å². The van der Waals surface area contributed by atoms with E-state index in [0.717, 1.165) is 24.1 Å². The number of anilines is 1. The molecule has 1 aliphatic heterocycles. The van der Waals surface area contributed by atoms with Crippen LogP contribution in [0.5, 0.6) is 11.5 Å². The van der Waals surface area contributed by atoms with Crippen molar-refractivity contribution in [3.8, 4) is 11.5 Å². The minimum atomic E-state index is -0.768. The molecule has 0 amide bonds. The second-order valence-electron chi connectivity index (χ2n) is 5.28. The van der Waals surface area contributed by atoms with Gasteiger partial charge in [0.05, 0.1) is 25.8 Å². The first kappa shape index (κ1) is 12.1. The lowest BCUT2D eigenvalue weighted by atomic mass is 9.79. The van der Waals surface area contributed by atoms with E-state index in [9.17, 15) is 9.90 Å². The Morgan fingerprint density at radius 3 is 2.63 bits per heavy atom. The Balaban J connectivity index is 2.16. The largest absolute Gasteiger partial charge is 0.497 e. The Morgan fingerprint density at radius 2 is 2.11 bits per heavy atom. The number of hydrogen-bond acceptors (Lipinski definition) is 4. The molecule has 5 nitrogen and oxygen atoms in total. The number of aliphatic carboxylic acids is 1. The van der Waals surface area contributed by atoms with Gasteiger partial charge in [-0.2, -0.15) is 0 Å². The Hall–Kier alpha value is -1.91. The van der Waals surface area contributed by atoms with Gasteiger partial charge in [-0.3, -0.25) is 4.79 Å². The molecular weight excluding hydrogens is 246 g/mol. The Bertz CT molecular complexity index is 536. The molecule has 1 saturated carbocycles. The van der Waals surface area contributed by atoms with E-state index in [0.29, 0.717) is 18.0 Å². The molecule has 1 atom stereocenters. The highest BCUT2D eigenvalue weighted by molar-refractivity contribution is 5.84. The second-order valence-corrected chi connectivity index (χ2v) is 5.28. The fourth-order valence-electron chi connectivity index (χ4n) is 3.02. The number of methoxy groups -OCH3 is 2. The van der Waals surface area contributed by atoms with Crippen molar-refractivity contribution in [2.75, 3.05) is 26.1 Å². The molecule has 1 unspecified atom stereocenters. The zero-order valence-corrected chi connectivity index (χ0v) is 11.0. The summed E-state index contributed by atoms with van der Waals surface area (Å²) in [6.07, 6.45) is 1.91. The minimum absolute atomic E-state index is 0.129. The van der Waals surface area contributed by atoms with E-state index in [1.165, 1.54) is 0 Å². The number of nitrogens with one attached hydrogen (secondary N) is 1. The van der Waals surface area contributed by atoms with Crippen LogP contribution in [0.2, 0.25) is 0 Å². The normalized spacial score (nSPS) is 22.3. The second kappa shape index (κ2) is 4.05. The molecule has 102 valence electrons. The highest BCUT2D eigenvalue weighted by Gasteiger charge is 2.56. The number of fused-ring (bicyclic) bond motifs is 1. The van der Waals surface area contributed by atoms with Crippen LogP contribution in [0.25, 0.3) is 0 Å². The number of rotatable bonds is 3. The molecule has 1 aliphatic carbocycles. The van der Waals surface area contributed by atoms with Crippen molar-refractivity contribution in [1.29, 1.82) is 0 Å². The highest BCUT2D eigenvalue weighted by Crippen LogP contribution is 2.60. The van der Waals surface area contributed by atoms with E-state index in [4.69, 9.17) is 9.47 Å². The quantitative estimate of drug-likeness (QED) is 0.874. The molecule has 2 aliphatic rings. The SMILES string of the molecule is COc1cc(OC)c2c(c1)C(C(=O)O)C1(CC1)CN2. The number of ether oxygens (including phenoxy) is 2. The summed E-state index contributed by atoms with van der Waals surface area (Å²) in [6, 6.07) is 3.58. The van der Waals surface area contributed by atoms with Gasteiger partial charge >= 0.3 is 5.97 Å². The predicted molar refractivity (Wildman–Crippen MR) is 70.1 cm³/mol. The third-order valence-corrected chi connectivity index (χ3v) is 4.24. The first-order valence-electron chi connectivity index (χ1n) is 6.34. The van der Waals surface area contributed by atoms with Crippen LogP contribution in [0.3, 0.4) is 0 Å². The molecule has 1 fully saturated rings. The Labute approximate surface area is 111 Å². The molecule has 2 N–H and O–H groups in total. The predicted octanol–water partition coefficient (Wildman–Crippen LogP) is 2.08. The van der Waals surface area contributed by atoms with Gasteiger partial charge in [0, 0.05) is 18.0 Å². The minimum Gasteiger partial charge on any atom is -0.497 e. The number of carbonyl (C=O) groups is 1. The third-order valence-electron chi connectivity index (χ3n) is 4.24. The standard InChI is InChI=1S/C14H17NO4/c1-18-8-5-9-11(13(16)17)14(3-4-14)7-15-12(9)10(6-8)19-2/h5-6,11,15H,3-4,7H2,1-2H3,(H,16,17). The van der Waals surface area contributed by atoms with E-state index in [2.05, 4.69) is 5.32 Å². The van der Waals surface area contributed by atoms with Gasteiger partial charge in [0.15, 0.2) is 0 Å². The average Bonchev–Trinajstić information content (AvgIpc) is 3.16. The molecular formula is C14H17NO4. The summed E-state index contributed by atoms with van der Waals surface area (Å²) >= 11 is 0. The molecule has 1 aromatic rings. The molecule has 5 heteroatoms. The van der Waals surface area contributed by atoms with Crippen LogP contribution in [0.1, 0.15) is 24.3 Å². The van der Waals surface area contributed by atoms with Crippen LogP contribution in [0, 0.1) is 5.41 Å². The molecule has 0 bridgehead atoms. The molecule has 0 aromatic heterocycles. The summed E-state index contributed by atoms with van der Waals surface area (Å²) < 4.78 is 10.6. The zero-order valence-electron chi connectivity index (χ0n) is 11.0. The molecule has 0 radical (unpaired) electrons. The Kier molecular flexibility index (Phi) is 2.59. The maximum absolute atomic E-state index is 11.7. The lowest BCUT2D eigenvalue weighted by Gasteiger charge is -2.33. The van der Waals surface area contributed by atoms with E-state index in [1.807, 2.05) is 6.07 Å².